The molecule has 1 aromatic rings. The van der Waals surface area contributed by atoms with Gasteiger partial charge in [-0.15, -0.1) is 0 Å². The summed E-state index contributed by atoms with van der Waals surface area (Å²) in [6, 6.07) is 7.63. The van der Waals surface area contributed by atoms with Crippen LogP contribution in [0.4, 0.5) is 4.79 Å². The fourth-order valence-corrected chi connectivity index (χ4v) is 4.09. The molecule has 0 spiro atoms. The van der Waals surface area contributed by atoms with Crippen molar-refractivity contribution in [2.24, 2.45) is 11.0 Å². The Kier molecular flexibility index (Phi) is 14.7. The molecule has 3 amide bonds. The van der Waals surface area contributed by atoms with Crippen molar-refractivity contribution in [3.8, 4) is 0 Å². The molecule has 1 aromatic carbocycles. The molecule has 0 saturated carbocycles. The van der Waals surface area contributed by atoms with E-state index in [1.165, 1.54) is 0 Å². The predicted molar refractivity (Wildman–Crippen MR) is 161 cm³/mol. The fourth-order valence-electron chi connectivity index (χ4n) is 3.61. The minimum absolute atomic E-state index is 0.243. The van der Waals surface area contributed by atoms with Crippen molar-refractivity contribution in [1.29, 1.82) is 0 Å². The number of ether oxygens (including phenoxy) is 1. The summed E-state index contributed by atoms with van der Waals surface area (Å²) in [4.78, 5) is 39.0. The molecule has 0 bridgehead atoms. The second kappa shape index (κ2) is 16.8. The van der Waals surface area contributed by atoms with Crippen molar-refractivity contribution in [2.75, 3.05) is 12.0 Å². The Hall–Kier alpha value is -3.01. The quantitative estimate of drug-likeness (QED) is 0.186. The second-order valence-electron chi connectivity index (χ2n) is 11.1. The highest BCUT2D eigenvalue weighted by Crippen LogP contribution is 2.15. The van der Waals surface area contributed by atoms with Crippen molar-refractivity contribution >= 4 is 35.4 Å². The second-order valence-corrected chi connectivity index (χ2v) is 12.1. The molecule has 0 radical (unpaired) electrons. The van der Waals surface area contributed by atoms with Crippen LogP contribution < -0.4 is 21.4 Å². The molecule has 0 heterocycles. The standard InChI is InChI=1S/C29H47N5O4S/c1-19(2)17-24(32-28(37)38-29(6,7)8)21(5)30-25(18-22-13-11-10-12-14-22)26(35)31-23(15-16-39-9)27(36)34-33-20(3)4/h10-14,19,23-25,30H,5,15-18H2,1-4,6-9H3,(H,31,35)(H,32,37)(H,34,36)/t23-,24-,25+/m0/s1. The van der Waals surface area contributed by atoms with E-state index in [2.05, 4.69) is 33.1 Å². The highest BCUT2D eigenvalue weighted by atomic mass is 32.2. The topological polar surface area (TPSA) is 121 Å². The number of hydrogen-bond acceptors (Lipinski definition) is 7. The summed E-state index contributed by atoms with van der Waals surface area (Å²) in [5.74, 6) is 0.207. The maximum Gasteiger partial charge on any atom is 0.408 e. The van der Waals surface area contributed by atoms with E-state index < -0.39 is 29.8 Å². The summed E-state index contributed by atoms with van der Waals surface area (Å²) in [6.45, 7) is 17.2. The number of thioether (sulfide) groups is 1. The molecule has 0 fully saturated rings. The average molecular weight is 562 g/mol. The SMILES string of the molecule is C=C(N[C@H](Cc1ccccc1)C(=O)N[C@@H](CCSC)C(=O)NN=C(C)C)[C@H](CC(C)C)NC(=O)OC(C)(C)C. The third-order valence-corrected chi connectivity index (χ3v) is 6.05. The first kappa shape index (κ1) is 34.0. The first-order chi connectivity index (χ1) is 18.2. The highest BCUT2D eigenvalue weighted by Gasteiger charge is 2.28. The molecule has 39 heavy (non-hydrogen) atoms. The number of carbonyl (C=O) groups excluding carboxylic acids is 3. The number of nitrogens with zero attached hydrogens (tertiary/aromatic N) is 1. The lowest BCUT2D eigenvalue weighted by atomic mass is 9.99. The molecule has 0 saturated heterocycles. The first-order valence-electron chi connectivity index (χ1n) is 13.3. The molecular formula is C29H47N5O4S. The molecule has 4 N–H and O–H groups in total. The van der Waals surface area contributed by atoms with Gasteiger partial charge in [0.1, 0.15) is 17.7 Å². The molecular weight excluding hydrogens is 514 g/mol. The number of amides is 3. The smallest absolute Gasteiger partial charge is 0.408 e. The number of carbonyl (C=O) groups is 3. The van der Waals surface area contributed by atoms with Gasteiger partial charge in [-0.3, -0.25) is 9.59 Å². The Morgan fingerprint density at radius 1 is 0.974 bits per heavy atom. The van der Waals surface area contributed by atoms with E-state index in [-0.39, 0.29) is 17.7 Å². The van der Waals surface area contributed by atoms with E-state index in [0.29, 0.717) is 36.4 Å². The Bertz CT molecular complexity index is 972. The van der Waals surface area contributed by atoms with Gasteiger partial charge in [-0.25, -0.2) is 10.2 Å². The van der Waals surface area contributed by atoms with E-state index in [1.807, 2.05) is 50.4 Å². The monoisotopic (exact) mass is 561 g/mol. The molecule has 0 aromatic heterocycles. The number of alkyl carbamates (subject to hydrolysis) is 1. The summed E-state index contributed by atoms with van der Waals surface area (Å²) in [5.41, 5.74) is 4.01. The molecule has 0 unspecified atom stereocenters. The van der Waals surface area contributed by atoms with Gasteiger partial charge >= 0.3 is 6.09 Å². The number of hydrazone groups is 1. The minimum Gasteiger partial charge on any atom is -0.444 e. The normalized spacial score (nSPS) is 13.5. The Labute approximate surface area is 238 Å². The van der Waals surface area contributed by atoms with Gasteiger partial charge in [0, 0.05) is 17.8 Å². The zero-order valence-electron chi connectivity index (χ0n) is 24.7. The molecule has 0 aliphatic carbocycles. The van der Waals surface area contributed by atoms with Crippen molar-refractivity contribution in [2.45, 2.75) is 91.5 Å². The van der Waals surface area contributed by atoms with Crippen LogP contribution in [0.1, 0.15) is 66.9 Å². The Morgan fingerprint density at radius 2 is 1.62 bits per heavy atom. The van der Waals surface area contributed by atoms with E-state index >= 15 is 0 Å². The number of rotatable bonds is 15. The molecule has 218 valence electrons. The minimum atomic E-state index is -0.757. The first-order valence-corrected chi connectivity index (χ1v) is 14.7. The van der Waals surface area contributed by atoms with Gasteiger partial charge in [0.2, 0.25) is 5.91 Å². The molecule has 0 aliphatic heterocycles. The zero-order chi connectivity index (χ0) is 29.6. The fraction of sp³-hybridized carbons (Fsp3) is 0.586. The summed E-state index contributed by atoms with van der Waals surface area (Å²) in [6.07, 6.45) is 2.79. The van der Waals surface area contributed by atoms with Gasteiger partial charge in [0.25, 0.3) is 5.91 Å². The lowest BCUT2D eigenvalue weighted by Gasteiger charge is -2.29. The lowest BCUT2D eigenvalue weighted by Crippen LogP contribution is -2.54. The van der Waals surface area contributed by atoms with Crippen LogP contribution in [0.25, 0.3) is 0 Å². The van der Waals surface area contributed by atoms with Crippen molar-refractivity contribution < 1.29 is 19.1 Å². The number of benzene rings is 1. The molecule has 10 heteroatoms. The van der Waals surface area contributed by atoms with Crippen LogP contribution in [-0.4, -0.2) is 59.4 Å². The summed E-state index contributed by atoms with van der Waals surface area (Å²) in [5, 5.41) is 13.0. The highest BCUT2D eigenvalue weighted by molar-refractivity contribution is 7.98. The number of nitrogens with one attached hydrogen (secondary N) is 4. The van der Waals surface area contributed by atoms with Gasteiger partial charge in [-0.05, 0) is 71.0 Å². The van der Waals surface area contributed by atoms with Crippen molar-refractivity contribution in [3.05, 3.63) is 48.2 Å². The lowest BCUT2D eigenvalue weighted by molar-refractivity contribution is -0.130. The van der Waals surface area contributed by atoms with E-state index in [1.54, 1.807) is 46.4 Å². The average Bonchev–Trinajstić information content (AvgIpc) is 2.83. The van der Waals surface area contributed by atoms with Gasteiger partial charge in [0.05, 0.1) is 6.04 Å². The van der Waals surface area contributed by atoms with Crippen LogP contribution in [0.15, 0.2) is 47.7 Å². The number of hydrogen-bond donors (Lipinski definition) is 4. The summed E-state index contributed by atoms with van der Waals surface area (Å²) >= 11 is 1.59. The molecule has 0 aliphatic rings. The van der Waals surface area contributed by atoms with Crippen LogP contribution in [0.3, 0.4) is 0 Å². The summed E-state index contributed by atoms with van der Waals surface area (Å²) < 4.78 is 5.45. The van der Waals surface area contributed by atoms with Gasteiger partial charge in [-0.1, -0.05) is 50.8 Å². The van der Waals surface area contributed by atoms with E-state index in [0.717, 1.165) is 5.56 Å². The third-order valence-electron chi connectivity index (χ3n) is 5.41. The van der Waals surface area contributed by atoms with Crippen LogP contribution in [0.5, 0.6) is 0 Å². The van der Waals surface area contributed by atoms with E-state index in [9.17, 15) is 14.4 Å². The van der Waals surface area contributed by atoms with Crippen LogP contribution >= 0.6 is 11.8 Å². The van der Waals surface area contributed by atoms with Crippen molar-refractivity contribution in [1.82, 2.24) is 21.4 Å². The maximum atomic E-state index is 13.6. The van der Waals surface area contributed by atoms with E-state index in [4.69, 9.17) is 4.74 Å². The third kappa shape index (κ3) is 14.6. The predicted octanol–water partition coefficient (Wildman–Crippen LogP) is 4.39. The largest absolute Gasteiger partial charge is 0.444 e. The Morgan fingerprint density at radius 3 is 2.15 bits per heavy atom. The van der Waals surface area contributed by atoms with Crippen LogP contribution in [0, 0.1) is 5.92 Å². The van der Waals surface area contributed by atoms with Crippen LogP contribution in [0.2, 0.25) is 0 Å². The molecule has 1 rings (SSSR count). The Balaban J connectivity index is 3.18. The van der Waals surface area contributed by atoms with Gasteiger partial charge in [0.15, 0.2) is 0 Å². The van der Waals surface area contributed by atoms with Crippen molar-refractivity contribution in [3.63, 3.8) is 0 Å². The van der Waals surface area contributed by atoms with Gasteiger partial charge in [-0.2, -0.15) is 16.9 Å². The molecule has 9 nitrogen and oxygen atoms in total. The summed E-state index contributed by atoms with van der Waals surface area (Å²) in [7, 11) is 0. The molecule has 3 atom stereocenters. The van der Waals surface area contributed by atoms with Crippen LogP contribution in [-0.2, 0) is 20.7 Å². The maximum absolute atomic E-state index is 13.6. The van der Waals surface area contributed by atoms with Gasteiger partial charge < -0.3 is 20.7 Å². The zero-order valence-corrected chi connectivity index (χ0v) is 25.5.